The van der Waals surface area contributed by atoms with Gasteiger partial charge in [-0.25, -0.2) is 22.6 Å². The summed E-state index contributed by atoms with van der Waals surface area (Å²) in [6.45, 7) is -0.119. The molecule has 316 valence electrons. The quantitative estimate of drug-likeness (QED) is 0.188. The number of aromatic nitrogens is 2. The van der Waals surface area contributed by atoms with Gasteiger partial charge in [0.2, 0.25) is 27.4 Å². The van der Waals surface area contributed by atoms with Crippen molar-refractivity contribution >= 4 is 55.9 Å². The van der Waals surface area contributed by atoms with E-state index in [-0.39, 0.29) is 49.2 Å². The average Bonchev–Trinajstić information content (AvgIpc) is 4.05. The number of nitrogens with one attached hydrogen (secondary N) is 3. The van der Waals surface area contributed by atoms with Crippen molar-refractivity contribution in [1.29, 1.82) is 0 Å². The fourth-order valence-electron chi connectivity index (χ4n) is 8.73. The Morgan fingerprint density at radius 3 is 2.52 bits per heavy atom. The standard InChI is InChI=1S/C43H47FN6O9S/c44-27-17-20-34-31(21-27)35-36(59-34)39(47-37(46-35)25-11-5-4-6-12-25)57-29-22-33-38(51)48-43(41(53)49-60(55,56)30-18-19-30)23-26(43)13-7-2-1-3-8-16-32(40(52)50(33)24-29)45-42(54)58-28-14-9-10-15-28/h4-7,11-13,17,20-21,26,28-30,32-33H,1-3,8-10,14-16,18-19,22-24H2,(H,45,54)(H,48,51)(H,49,53)/b13-7-/t26-,29+,32-,33-,43+/m0/s1. The number of ether oxygens (including phenoxy) is 2. The molecular weight excluding hydrogens is 796 g/mol. The number of hydrogen-bond acceptors (Lipinski definition) is 11. The molecule has 5 aliphatic rings. The Kier molecular flexibility index (Phi) is 10.7. The van der Waals surface area contributed by atoms with Crippen LogP contribution in [0.2, 0.25) is 0 Å². The molecule has 2 aliphatic heterocycles. The summed E-state index contributed by atoms with van der Waals surface area (Å²) in [5, 5.41) is 5.42. The van der Waals surface area contributed by atoms with Crippen LogP contribution in [-0.4, -0.2) is 88.7 Å². The summed E-state index contributed by atoms with van der Waals surface area (Å²) in [5.74, 6) is -2.70. The van der Waals surface area contributed by atoms with Gasteiger partial charge < -0.3 is 29.4 Å². The lowest BCUT2D eigenvalue weighted by Crippen LogP contribution is -2.58. The highest BCUT2D eigenvalue weighted by Gasteiger charge is 2.62. The van der Waals surface area contributed by atoms with Crippen LogP contribution >= 0.6 is 0 Å². The van der Waals surface area contributed by atoms with Crippen LogP contribution in [0.15, 0.2) is 65.1 Å². The molecule has 60 heavy (non-hydrogen) atoms. The number of carbonyl (C=O) groups is 4. The molecule has 4 aromatic rings. The molecule has 2 aromatic heterocycles. The summed E-state index contributed by atoms with van der Waals surface area (Å²) in [6, 6.07) is 11.0. The number of amides is 4. The third kappa shape index (κ3) is 8.15. The minimum atomic E-state index is -3.94. The number of carbonyl (C=O) groups excluding carboxylic acids is 4. The third-order valence-electron chi connectivity index (χ3n) is 12.3. The first-order chi connectivity index (χ1) is 29.0. The fraction of sp³-hybridized carbons (Fsp3) is 0.488. The number of alkyl carbamates (subject to hydrolysis) is 1. The molecule has 1 saturated heterocycles. The monoisotopic (exact) mass is 842 g/mol. The summed E-state index contributed by atoms with van der Waals surface area (Å²) in [5.41, 5.74) is -0.101. The van der Waals surface area contributed by atoms with E-state index in [9.17, 15) is 32.0 Å². The van der Waals surface area contributed by atoms with E-state index in [1.165, 1.54) is 23.1 Å². The first-order valence-electron chi connectivity index (χ1n) is 20.9. The van der Waals surface area contributed by atoms with Crippen LogP contribution < -0.4 is 20.1 Å². The van der Waals surface area contributed by atoms with Crippen LogP contribution in [0.25, 0.3) is 33.5 Å². The van der Waals surface area contributed by atoms with E-state index in [4.69, 9.17) is 23.9 Å². The zero-order chi connectivity index (χ0) is 41.6. The van der Waals surface area contributed by atoms with Gasteiger partial charge in [0.25, 0.3) is 11.8 Å². The molecule has 0 radical (unpaired) electrons. The zero-order valence-electron chi connectivity index (χ0n) is 32.9. The van der Waals surface area contributed by atoms with E-state index in [1.54, 1.807) is 0 Å². The fourth-order valence-corrected chi connectivity index (χ4v) is 10.1. The number of allylic oxidation sites excluding steroid dienone is 1. The van der Waals surface area contributed by atoms with Crippen molar-refractivity contribution in [2.24, 2.45) is 5.92 Å². The van der Waals surface area contributed by atoms with Gasteiger partial charge in [0.1, 0.15) is 46.7 Å². The van der Waals surface area contributed by atoms with Crippen LogP contribution in [0.1, 0.15) is 83.5 Å². The van der Waals surface area contributed by atoms with Crippen LogP contribution in [0, 0.1) is 11.7 Å². The van der Waals surface area contributed by atoms with E-state index in [0.717, 1.165) is 38.5 Å². The van der Waals surface area contributed by atoms with Crippen LogP contribution in [0.5, 0.6) is 5.88 Å². The van der Waals surface area contributed by atoms with Gasteiger partial charge in [-0.3, -0.25) is 19.1 Å². The Labute approximate surface area is 345 Å². The summed E-state index contributed by atoms with van der Waals surface area (Å²) in [4.78, 5) is 67.2. The molecule has 3 aliphatic carbocycles. The Hall–Kier alpha value is -5.58. The molecule has 15 nitrogen and oxygen atoms in total. The SMILES string of the molecule is O=C(N[C@H]1CCCCC/C=C\[C@H]2C[C@@]2(C(=O)NS(=O)(=O)C2CC2)NC(=O)[C@@H]2C[C@@H](Oc3nc(-c4ccccc4)nc4c3oc3ccc(F)cc34)CN2C1=O)OC1CCCC1. The minimum Gasteiger partial charge on any atom is -0.470 e. The van der Waals surface area contributed by atoms with Gasteiger partial charge in [-0.2, -0.15) is 4.98 Å². The molecule has 3 N–H and O–H groups in total. The van der Waals surface area contributed by atoms with Gasteiger partial charge in [0.05, 0.1) is 11.8 Å². The molecule has 3 saturated carbocycles. The van der Waals surface area contributed by atoms with Crippen molar-refractivity contribution < 1.29 is 45.9 Å². The zero-order valence-corrected chi connectivity index (χ0v) is 33.8. The van der Waals surface area contributed by atoms with Crippen molar-refractivity contribution in [3.63, 3.8) is 0 Å². The summed E-state index contributed by atoms with van der Waals surface area (Å²) in [7, 11) is -3.94. The first-order valence-corrected chi connectivity index (χ1v) is 22.5. The second kappa shape index (κ2) is 16.1. The molecule has 4 fully saturated rings. The molecule has 4 amide bonds. The lowest BCUT2D eigenvalue weighted by molar-refractivity contribution is -0.141. The minimum absolute atomic E-state index is 0.0133. The highest BCUT2D eigenvalue weighted by molar-refractivity contribution is 7.91. The van der Waals surface area contributed by atoms with Gasteiger partial charge in [-0.05, 0) is 82.4 Å². The molecular formula is C43H47FN6O9S. The number of furan rings is 1. The van der Waals surface area contributed by atoms with Crippen LogP contribution in [0.4, 0.5) is 9.18 Å². The Balaban J connectivity index is 1.06. The summed E-state index contributed by atoms with van der Waals surface area (Å²) < 4.78 is 61.0. The second-order valence-electron chi connectivity index (χ2n) is 16.6. The van der Waals surface area contributed by atoms with Crippen molar-refractivity contribution in [3.8, 4) is 17.3 Å². The lowest BCUT2D eigenvalue weighted by atomic mass is 10.0. The molecule has 2 aromatic carbocycles. The molecule has 0 unspecified atom stereocenters. The first kappa shape index (κ1) is 39.9. The molecule has 0 bridgehead atoms. The van der Waals surface area contributed by atoms with Crippen molar-refractivity contribution in [2.75, 3.05) is 6.54 Å². The summed E-state index contributed by atoms with van der Waals surface area (Å²) in [6.07, 6.45) is 9.44. The molecule has 9 rings (SSSR count). The highest BCUT2D eigenvalue weighted by atomic mass is 32.2. The molecule has 17 heteroatoms. The van der Waals surface area contributed by atoms with Gasteiger partial charge in [-0.15, -0.1) is 0 Å². The van der Waals surface area contributed by atoms with Gasteiger partial charge in [0, 0.05) is 23.3 Å². The molecule has 0 spiro atoms. The Morgan fingerprint density at radius 1 is 0.950 bits per heavy atom. The number of sulfonamides is 1. The largest absolute Gasteiger partial charge is 0.470 e. The van der Waals surface area contributed by atoms with E-state index in [2.05, 4.69) is 15.4 Å². The number of halogens is 1. The maximum Gasteiger partial charge on any atom is 0.408 e. The topological polar surface area (TPSA) is 199 Å². The number of benzene rings is 2. The number of fused-ring (bicyclic) bond motifs is 5. The van der Waals surface area contributed by atoms with Crippen molar-refractivity contribution in [2.45, 2.75) is 119 Å². The van der Waals surface area contributed by atoms with E-state index < -0.39 is 74.5 Å². The molecule has 4 heterocycles. The number of rotatable bonds is 8. The third-order valence-corrected chi connectivity index (χ3v) is 14.1. The van der Waals surface area contributed by atoms with Crippen LogP contribution in [-0.2, 0) is 29.1 Å². The average molecular weight is 843 g/mol. The maximum atomic E-state index is 14.7. The normalized spacial score (nSPS) is 27.0. The van der Waals surface area contributed by atoms with Gasteiger partial charge in [-0.1, -0.05) is 55.3 Å². The molecule has 5 atom stereocenters. The number of nitrogens with zero attached hydrogens (tertiary/aromatic N) is 3. The Morgan fingerprint density at radius 2 is 1.73 bits per heavy atom. The van der Waals surface area contributed by atoms with E-state index in [1.807, 2.05) is 42.5 Å². The predicted molar refractivity (Wildman–Crippen MR) is 216 cm³/mol. The predicted octanol–water partition coefficient (Wildman–Crippen LogP) is 5.57. The summed E-state index contributed by atoms with van der Waals surface area (Å²) >= 11 is 0. The Bertz CT molecular complexity index is 2470. The van der Waals surface area contributed by atoms with Gasteiger partial charge in [0.15, 0.2) is 5.82 Å². The van der Waals surface area contributed by atoms with E-state index in [0.29, 0.717) is 47.7 Å². The lowest BCUT2D eigenvalue weighted by Gasteiger charge is -2.30. The smallest absolute Gasteiger partial charge is 0.408 e. The number of hydrogen-bond donors (Lipinski definition) is 3. The van der Waals surface area contributed by atoms with Crippen molar-refractivity contribution in [3.05, 3.63) is 66.5 Å². The van der Waals surface area contributed by atoms with Gasteiger partial charge >= 0.3 is 6.09 Å². The maximum absolute atomic E-state index is 14.7. The van der Waals surface area contributed by atoms with E-state index >= 15 is 0 Å². The second-order valence-corrected chi connectivity index (χ2v) is 18.6. The van der Waals surface area contributed by atoms with Crippen molar-refractivity contribution in [1.82, 2.24) is 30.2 Å². The highest BCUT2D eigenvalue weighted by Crippen LogP contribution is 2.46. The van der Waals surface area contributed by atoms with Crippen LogP contribution in [0.3, 0.4) is 0 Å².